The Balaban J connectivity index is 1.53. The monoisotopic (exact) mass is 432 g/mol. The van der Waals surface area contributed by atoms with Gasteiger partial charge in [-0.1, -0.05) is 45.0 Å². The zero-order valence-electron chi connectivity index (χ0n) is 18.8. The van der Waals surface area contributed by atoms with Crippen molar-refractivity contribution in [3.05, 3.63) is 89.0 Å². The SMILES string of the molecule is COc1cc(/C=N\NC(=O)c2ccc(COc3ccc(C(C)(C)C)cc3)cc2)ccc1O. The lowest BCUT2D eigenvalue weighted by Crippen LogP contribution is -2.17. The van der Waals surface area contributed by atoms with Gasteiger partial charge in [-0.2, -0.15) is 5.10 Å². The molecule has 0 unspecified atom stereocenters. The third-order valence-electron chi connectivity index (χ3n) is 4.93. The first-order chi connectivity index (χ1) is 15.3. The minimum Gasteiger partial charge on any atom is -0.504 e. The summed E-state index contributed by atoms with van der Waals surface area (Å²) in [5, 5.41) is 13.6. The minimum atomic E-state index is -0.322. The van der Waals surface area contributed by atoms with Gasteiger partial charge in [0.2, 0.25) is 0 Å². The van der Waals surface area contributed by atoms with E-state index in [4.69, 9.17) is 9.47 Å². The van der Waals surface area contributed by atoms with Crippen LogP contribution in [-0.4, -0.2) is 24.3 Å². The Hall–Kier alpha value is -3.80. The molecule has 0 aromatic heterocycles. The Morgan fingerprint density at radius 2 is 1.72 bits per heavy atom. The summed E-state index contributed by atoms with van der Waals surface area (Å²) < 4.78 is 10.9. The number of benzene rings is 3. The van der Waals surface area contributed by atoms with Crippen LogP contribution in [-0.2, 0) is 12.0 Å². The molecule has 0 bridgehead atoms. The molecule has 6 heteroatoms. The zero-order chi connectivity index (χ0) is 23.1. The van der Waals surface area contributed by atoms with Crippen LogP contribution in [0.2, 0.25) is 0 Å². The van der Waals surface area contributed by atoms with Crippen LogP contribution in [0.5, 0.6) is 17.2 Å². The van der Waals surface area contributed by atoms with Gasteiger partial charge in [0.25, 0.3) is 5.91 Å². The molecule has 3 rings (SSSR count). The zero-order valence-corrected chi connectivity index (χ0v) is 18.8. The van der Waals surface area contributed by atoms with Crippen molar-refractivity contribution in [3.63, 3.8) is 0 Å². The van der Waals surface area contributed by atoms with E-state index < -0.39 is 0 Å². The number of rotatable bonds is 7. The first-order valence-electron chi connectivity index (χ1n) is 10.3. The number of hydrazone groups is 1. The van der Waals surface area contributed by atoms with E-state index in [9.17, 15) is 9.90 Å². The molecule has 0 heterocycles. The molecule has 0 saturated carbocycles. The molecule has 0 aliphatic heterocycles. The van der Waals surface area contributed by atoms with Crippen LogP contribution < -0.4 is 14.9 Å². The second-order valence-corrected chi connectivity index (χ2v) is 8.39. The predicted molar refractivity (Wildman–Crippen MR) is 126 cm³/mol. The van der Waals surface area contributed by atoms with Gasteiger partial charge in [-0.05, 0) is 64.6 Å². The molecule has 0 aliphatic rings. The highest BCUT2D eigenvalue weighted by molar-refractivity contribution is 5.94. The summed E-state index contributed by atoms with van der Waals surface area (Å²) in [7, 11) is 1.47. The van der Waals surface area contributed by atoms with Gasteiger partial charge in [-0.25, -0.2) is 5.43 Å². The van der Waals surface area contributed by atoms with Crippen molar-refractivity contribution >= 4 is 12.1 Å². The standard InChI is InChI=1S/C26H28N2O4/c1-26(2,3)21-10-12-22(13-11-21)32-17-18-5-8-20(9-6-18)25(30)28-27-16-19-7-14-23(29)24(15-19)31-4/h5-16,29H,17H2,1-4H3,(H,28,30)/b27-16-. The topological polar surface area (TPSA) is 80.2 Å². The van der Waals surface area contributed by atoms with Crippen molar-refractivity contribution in [3.8, 4) is 17.2 Å². The van der Waals surface area contributed by atoms with Gasteiger partial charge < -0.3 is 14.6 Å². The minimum absolute atomic E-state index is 0.0414. The summed E-state index contributed by atoms with van der Waals surface area (Å²) in [6.45, 7) is 6.95. The summed E-state index contributed by atoms with van der Waals surface area (Å²) in [5.74, 6) is 0.861. The fraction of sp³-hybridized carbons (Fsp3) is 0.231. The largest absolute Gasteiger partial charge is 0.504 e. The number of carbonyl (C=O) groups excluding carboxylic acids is 1. The Morgan fingerprint density at radius 3 is 2.34 bits per heavy atom. The number of methoxy groups -OCH3 is 1. The molecule has 0 fully saturated rings. The van der Waals surface area contributed by atoms with E-state index >= 15 is 0 Å². The van der Waals surface area contributed by atoms with Gasteiger partial charge in [0.15, 0.2) is 11.5 Å². The van der Waals surface area contributed by atoms with Gasteiger partial charge in [0, 0.05) is 5.56 Å². The fourth-order valence-corrected chi connectivity index (χ4v) is 2.97. The summed E-state index contributed by atoms with van der Waals surface area (Å²) in [6, 6.07) is 20.1. The van der Waals surface area contributed by atoms with Crippen molar-refractivity contribution in [1.29, 1.82) is 0 Å². The molecule has 3 aromatic rings. The molecule has 0 radical (unpaired) electrons. The molecule has 0 atom stereocenters. The van der Waals surface area contributed by atoms with Crippen LogP contribution in [0, 0.1) is 0 Å². The van der Waals surface area contributed by atoms with Crippen LogP contribution in [0.3, 0.4) is 0 Å². The van der Waals surface area contributed by atoms with E-state index in [2.05, 4.69) is 43.4 Å². The molecule has 3 aromatic carbocycles. The van der Waals surface area contributed by atoms with E-state index in [0.717, 1.165) is 11.3 Å². The van der Waals surface area contributed by atoms with E-state index in [1.54, 1.807) is 24.3 Å². The van der Waals surface area contributed by atoms with Crippen molar-refractivity contribution in [2.24, 2.45) is 5.10 Å². The maximum absolute atomic E-state index is 12.3. The maximum atomic E-state index is 12.3. The predicted octanol–water partition coefficient (Wildman–Crippen LogP) is 5.04. The highest BCUT2D eigenvalue weighted by Crippen LogP contribution is 2.26. The number of hydrogen-bond donors (Lipinski definition) is 2. The number of aromatic hydroxyl groups is 1. The molecular formula is C26H28N2O4. The summed E-state index contributed by atoms with van der Waals surface area (Å²) in [5.41, 5.74) is 5.99. The summed E-state index contributed by atoms with van der Waals surface area (Å²) in [6.07, 6.45) is 1.48. The number of carbonyl (C=O) groups is 1. The molecule has 32 heavy (non-hydrogen) atoms. The summed E-state index contributed by atoms with van der Waals surface area (Å²) in [4.78, 5) is 12.3. The van der Waals surface area contributed by atoms with Crippen molar-refractivity contribution in [2.45, 2.75) is 32.8 Å². The summed E-state index contributed by atoms with van der Waals surface area (Å²) >= 11 is 0. The number of phenols is 1. The van der Waals surface area contributed by atoms with Crippen LogP contribution >= 0.6 is 0 Å². The maximum Gasteiger partial charge on any atom is 0.271 e. The number of ether oxygens (including phenoxy) is 2. The van der Waals surface area contributed by atoms with Gasteiger partial charge in [-0.15, -0.1) is 0 Å². The number of amides is 1. The van der Waals surface area contributed by atoms with Gasteiger partial charge in [0.1, 0.15) is 12.4 Å². The van der Waals surface area contributed by atoms with E-state index in [1.807, 2.05) is 24.3 Å². The van der Waals surface area contributed by atoms with Crippen molar-refractivity contribution in [1.82, 2.24) is 5.43 Å². The van der Waals surface area contributed by atoms with Gasteiger partial charge >= 0.3 is 0 Å². The second kappa shape index (κ2) is 10.0. The van der Waals surface area contributed by atoms with Crippen molar-refractivity contribution in [2.75, 3.05) is 7.11 Å². The first-order valence-corrected chi connectivity index (χ1v) is 10.3. The molecule has 0 spiro atoms. The van der Waals surface area contributed by atoms with Crippen LogP contribution in [0.4, 0.5) is 0 Å². The van der Waals surface area contributed by atoms with Crippen LogP contribution in [0.15, 0.2) is 71.8 Å². The quantitative estimate of drug-likeness (QED) is 0.405. The number of phenolic OH excluding ortho intramolecular Hbond substituents is 1. The third kappa shape index (κ3) is 6.11. The van der Waals surface area contributed by atoms with Crippen LogP contribution in [0.25, 0.3) is 0 Å². The smallest absolute Gasteiger partial charge is 0.271 e. The lowest BCUT2D eigenvalue weighted by atomic mass is 9.87. The normalized spacial score (nSPS) is 11.4. The van der Waals surface area contributed by atoms with E-state index in [-0.39, 0.29) is 17.1 Å². The Kier molecular flexibility index (Phi) is 7.15. The Bertz CT molecular complexity index is 1080. The Labute approximate surface area is 188 Å². The van der Waals surface area contributed by atoms with E-state index in [1.165, 1.54) is 25.0 Å². The highest BCUT2D eigenvalue weighted by Gasteiger charge is 2.13. The molecular weight excluding hydrogens is 404 g/mol. The third-order valence-corrected chi connectivity index (χ3v) is 4.93. The first kappa shape index (κ1) is 22.9. The fourth-order valence-electron chi connectivity index (χ4n) is 2.97. The molecule has 166 valence electrons. The number of hydrogen-bond acceptors (Lipinski definition) is 5. The van der Waals surface area contributed by atoms with Gasteiger partial charge in [0.05, 0.1) is 13.3 Å². The molecule has 0 aliphatic carbocycles. The van der Waals surface area contributed by atoms with Gasteiger partial charge in [-0.3, -0.25) is 4.79 Å². The highest BCUT2D eigenvalue weighted by atomic mass is 16.5. The average molecular weight is 433 g/mol. The lowest BCUT2D eigenvalue weighted by molar-refractivity contribution is 0.0955. The number of nitrogens with one attached hydrogen (secondary N) is 1. The molecule has 2 N–H and O–H groups in total. The molecule has 1 amide bonds. The van der Waals surface area contributed by atoms with Crippen LogP contribution in [0.1, 0.15) is 47.8 Å². The van der Waals surface area contributed by atoms with Crippen molar-refractivity contribution < 1.29 is 19.4 Å². The van der Waals surface area contributed by atoms with E-state index in [0.29, 0.717) is 23.5 Å². The number of nitrogens with zero attached hydrogens (tertiary/aromatic N) is 1. The molecule has 6 nitrogen and oxygen atoms in total. The second-order valence-electron chi connectivity index (χ2n) is 8.39. The Morgan fingerprint density at radius 1 is 1.03 bits per heavy atom. The molecule has 0 saturated heterocycles. The average Bonchev–Trinajstić information content (AvgIpc) is 2.78. The lowest BCUT2D eigenvalue weighted by Gasteiger charge is -2.19.